The van der Waals surface area contributed by atoms with Crippen molar-refractivity contribution in [2.45, 2.75) is 6.92 Å². The molecule has 0 aliphatic rings. The van der Waals surface area contributed by atoms with Crippen LogP contribution in [-0.4, -0.2) is 94.1 Å². The van der Waals surface area contributed by atoms with Gasteiger partial charge in [0.05, 0.1) is 52.9 Å². The molecule has 0 saturated heterocycles. The number of hydrogen-bond donors (Lipinski definition) is 1. The van der Waals surface area contributed by atoms with E-state index in [1.54, 1.807) is 0 Å². The van der Waals surface area contributed by atoms with Gasteiger partial charge in [0.25, 0.3) is 0 Å². The predicted octanol–water partition coefficient (Wildman–Crippen LogP) is -0.316. The number of aliphatic hydroxyl groups excluding tert-OH is 1. The van der Waals surface area contributed by atoms with Gasteiger partial charge in [-0.1, -0.05) is 0 Å². The van der Waals surface area contributed by atoms with Crippen molar-refractivity contribution in [3.63, 3.8) is 0 Å². The van der Waals surface area contributed by atoms with E-state index >= 15 is 0 Å². The first-order chi connectivity index (χ1) is 7.41. The maximum atomic E-state index is 8.41. The van der Waals surface area contributed by atoms with E-state index in [4.69, 9.17) is 24.1 Å². The number of ether oxygens (including phenoxy) is 4. The van der Waals surface area contributed by atoms with Crippen LogP contribution in [0, 0.1) is 0 Å². The van der Waals surface area contributed by atoms with Crippen LogP contribution in [0.25, 0.3) is 0 Å². The molecule has 0 atom stereocenters. The molecule has 0 aliphatic heterocycles. The third-order valence-corrected chi connectivity index (χ3v) is 1.56. The van der Waals surface area contributed by atoms with Crippen molar-refractivity contribution in [3.8, 4) is 0 Å². The smallest absolute Gasteiger partial charge is 0.0701 e. The molecule has 0 unspecified atom stereocenters. The molecule has 0 aromatic rings. The summed E-state index contributed by atoms with van der Waals surface area (Å²) in [5.41, 5.74) is 0. The van der Waals surface area contributed by atoms with Crippen molar-refractivity contribution >= 4 is 29.6 Å². The number of hydrogen-bond acceptors (Lipinski definition) is 5. The molecule has 0 amide bonds. The molecule has 0 aromatic carbocycles. The zero-order chi connectivity index (χ0) is 11.2. The van der Waals surface area contributed by atoms with E-state index in [2.05, 4.69) is 0 Å². The van der Waals surface area contributed by atoms with Crippen molar-refractivity contribution in [3.05, 3.63) is 0 Å². The zero-order valence-electron chi connectivity index (χ0n) is 10.4. The minimum Gasteiger partial charge on any atom is -0.394 e. The van der Waals surface area contributed by atoms with Crippen LogP contribution in [0.15, 0.2) is 0 Å². The Morgan fingerprint density at radius 3 is 1.44 bits per heavy atom. The largest absolute Gasteiger partial charge is 0.394 e. The summed E-state index contributed by atoms with van der Waals surface area (Å²) in [4.78, 5) is 0. The molecular formula is C10H22NaO5. The third kappa shape index (κ3) is 17.2. The molecule has 0 fully saturated rings. The third-order valence-electron chi connectivity index (χ3n) is 1.56. The summed E-state index contributed by atoms with van der Waals surface area (Å²) >= 11 is 0. The normalized spacial score (nSPS) is 10.1. The van der Waals surface area contributed by atoms with E-state index in [-0.39, 0.29) is 36.2 Å². The molecule has 0 spiro atoms. The van der Waals surface area contributed by atoms with E-state index in [1.807, 2.05) is 6.92 Å². The molecule has 0 aromatic heterocycles. The van der Waals surface area contributed by atoms with E-state index in [9.17, 15) is 0 Å². The van der Waals surface area contributed by atoms with Crippen LogP contribution in [0.2, 0.25) is 0 Å². The molecule has 93 valence electrons. The predicted molar refractivity (Wildman–Crippen MR) is 61.8 cm³/mol. The number of rotatable bonds is 12. The summed E-state index contributed by atoms with van der Waals surface area (Å²) in [5.74, 6) is 0. The van der Waals surface area contributed by atoms with Gasteiger partial charge in [-0.3, -0.25) is 0 Å². The molecule has 1 radical (unpaired) electrons. The van der Waals surface area contributed by atoms with Gasteiger partial charge < -0.3 is 24.1 Å². The Labute approximate surface area is 120 Å². The molecular weight excluding hydrogens is 223 g/mol. The fraction of sp³-hybridized carbons (Fsp3) is 1.00. The van der Waals surface area contributed by atoms with Crippen LogP contribution < -0.4 is 0 Å². The van der Waals surface area contributed by atoms with E-state index < -0.39 is 0 Å². The van der Waals surface area contributed by atoms with Gasteiger partial charge in [-0.05, 0) is 6.92 Å². The molecule has 0 heterocycles. The summed E-state index contributed by atoms with van der Waals surface area (Å²) < 4.78 is 20.5. The minimum absolute atomic E-state index is 0. The van der Waals surface area contributed by atoms with E-state index in [1.165, 1.54) is 0 Å². The van der Waals surface area contributed by atoms with Gasteiger partial charge in [0.2, 0.25) is 0 Å². The summed E-state index contributed by atoms with van der Waals surface area (Å²) in [6, 6.07) is 0. The standard InChI is InChI=1S/C10H22O5.Na/c1-2-12-5-6-14-9-10-15-8-7-13-4-3-11;/h11H,2-10H2,1H3;. The van der Waals surface area contributed by atoms with Gasteiger partial charge >= 0.3 is 0 Å². The Hall–Kier alpha value is 0.800. The summed E-state index contributed by atoms with van der Waals surface area (Å²) in [6.07, 6.45) is 0. The summed E-state index contributed by atoms with van der Waals surface area (Å²) in [6.45, 7) is 6.54. The molecule has 6 heteroatoms. The van der Waals surface area contributed by atoms with Crippen molar-refractivity contribution in [1.29, 1.82) is 0 Å². The molecule has 1 N–H and O–H groups in total. The Balaban J connectivity index is 0. The second-order valence-electron chi connectivity index (χ2n) is 2.76. The molecule has 0 saturated carbocycles. The Morgan fingerprint density at radius 2 is 1.06 bits per heavy atom. The van der Waals surface area contributed by atoms with Crippen molar-refractivity contribution in [2.75, 3.05) is 59.5 Å². The van der Waals surface area contributed by atoms with Crippen LogP contribution in [0.4, 0.5) is 0 Å². The van der Waals surface area contributed by atoms with Gasteiger partial charge in [-0.15, -0.1) is 0 Å². The van der Waals surface area contributed by atoms with Crippen LogP contribution in [0.5, 0.6) is 0 Å². The summed E-state index contributed by atoms with van der Waals surface area (Å²) in [5, 5.41) is 8.41. The average molecular weight is 245 g/mol. The second kappa shape index (κ2) is 18.2. The van der Waals surface area contributed by atoms with Crippen LogP contribution in [0.3, 0.4) is 0 Å². The van der Waals surface area contributed by atoms with Gasteiger partial charge in [-0.25, -0.2) is 0 Å². The van der Waals surface area contributed by atoms with Crippen molar-refractivity contribution in [2.24, 2.45) is 0 Å². The first-order valence-corrected chi connectivity index (χ1v) is 5.33. The van der Waals surface area contributed by atoms with E-state index in [0.29, 0.717) is 46.2 Å². The van der Waals surface area contributed by atoms with Crippen LogP contribution in [-0.2, 0) is 18.9 Å². The second-order valence-corrected chi connectivity index (χ2v) is 2.76. The maximum Gasteiger partial charge on any atom is 0.0701 e. The fourth-order valence-corrected chi connectivity index (χ4v) is 0.869. The molecule has 0 bridgehead atoms. The summed E-state index contributed by atoms with van der Waals surface area (Å²) in [7, 11) is 0. The number of aliphatic hydroxyl groups is 1. The molecule has 5 nitrogen and oxygen atoms in total. The zero-order valence-corrected chi connectivity index (χ0v) is 12.4. The SMILES string of the molecule is CCOCCOCCOCCOCCO.[Na]. The van der Waals surface area contributed by atoms with Gasteiger partial charge in [0, 0.05) is 36.2 Å². The average Bonchev–Trinajstić information content (AvgIpc) is 2.26. The topological polar surface area (TPSA) is 57.2 Å². The molecule has 0 rings (SSSR count). The monoisotopic (exact) mass is 245 g/mol. The molecule has 16 heavy (non-hydrogen) atoms. The fourth-order valence-electron chi connectivity index (χ4n) is 0.869. The Bertz CT molecular complexity index is 103. The van der Waals surface area contributed by atoms with Crippen molar-refractivity contribution in [1.82, 2.24) is 0 Å². The minimum atomic E-state index is 0. The Morgan fingerprint density at radius 1 is 0.688 bits per heavy atom. The quantitative estimate of drug-likeness (QED) is 0.377. The van der Waals surface area contributed by atoms with Crippen LogP contribution in [0.1, 0.15) is 6.92 Å². The molecule has 0 aliphatic carbocycles. The van der Waals surface area contributed by atoms with Crippen molar-refractivity contribution < 1.29 is 24.1 Å². The van der Waals surface area contributed by atoms with Gasteiger partial charge in [0.15, 0.2) is 0 Å². The first-order valence-electron chi connectivity index (χ1n) is 5.33. The van der Waals surface area contributed by atoms with E-state index in [0.717, 1.165) is 6.61 Å². The van der Waals surface area contributed by atoms with Crippen LogP contribution >= 0.6 is 0 Å². The van der Waals surface area contributed by atoms with Gasteiger partial charge in [0.1, 0.15) is 0 Å². The maximum absolute atomic E-state index is 8.41. The Kier molecular flexibility index (Phi) is 21.7. The first kappa shape index (κ1) is 19.1. The van der Waals surface area contributed by atoms with Gasteiger partial charge in [-0.2, -0.15) is 0 Å².